The molecule has 0 atom stereocenters. The van der Waals surface area contributed by atoms with E-state index in [-0.39, 0.29) is 5.97 Å². The molecule has 5 nitrogen and oxygen atoms in total. The lowest BCUT2D eigenvalue weighted by Crippen LogP contribution is -2.07. The number of benzene rings is 3. The number of ether oxygens (including phenoxy) is 1. The zero-order valence-electron chi connectivity index (χ0n) is 17.8. The minimum atomic E-state index is -0.339. The second-order valence-electron chi connectivity index (χ2n) is 7.47. The Labute approximate surface area is 181 Å². The summed E-state index contributed by atoms with van der Waals surface area (Å²) in [5.74, 6) is -0.339. The van der Waals surface area contributed by atoms with E-state index < -0.39 is 0 Å². The Morgan fingerprint density at radius 2 is 1.68 bits per heavy atom. The standard InChI is InChI=1S/C26H23N3O2/c1-4-31-26(30)19-7-12-23(13-8-19)29-17-21(16-27)24-15-20(9-14-25(24)29)18-5-10-22(11-6-18)28(2)3/h5-15,17H,4H2,1-3H3. The summed E-state index contributed by atoms with van der Waals surface area (Å²) in [6, 6.07) is 24.0. The van der Waals surface area contributed by atoms with E-state index in [1.54, 1.807) is 19.1 Å². The van der Waals surface area contributed by atoms with Crippen LogP contribution in [-0.2, 0) is 4.74 Å². The van der Waals surface area contributed by atoms with Crippen LogP contribution >= 0.6 is 0 Å². The first-order valence-electron chi connectivity index (χ1n) is 10.1. The first-order valence-corrected chi connectivity index (χ1v) is 10.1. The molecule has 0 aliphatic carbocycles. The van der Waals surface area contributed by atoms with Crippen LogP contribution in [0.2, 0.25) is 0 Å². The van der Waals surface area contributed by atoms with Gasteiger partial charge in [-0.05, 0) is 66.6 Å². The van der Waals surface area contributed by atoms with Crippen LogP contribution < -0.4 is 4.90 Å². The van der Waals surface area contributed by atoms with Gasteiger partial charge in [-0.1, -0.05) is 18.2 Å². The second-order valence-corrected chi connectivity index (χ2v) is 7.47. The Bertz CT molecular complexity index is 1280. The highest BCUT2D eigenvalue weighted by Gasteiger charge is 2.13. The van der Waals surface area contributed by atoms with Gasteiger partial charge in [-0.15, -0.1) is 0 Å². The van der Waals surface area contributed by atoms with Gasteiger partial charge in [0.1, 0.15) is 6.07 Å². The quantitative estimate of drug-likeness (QED) is 0.414. The number of rotatable bonds is 5. The summed E-state index contributed by atoms with van der Waals surface area (Å²) >= 11 is 0. The molecule has 0 saturated carbocycles. The fourth-order valence-corrected chi connectivity index (χ4v) is 3.64. The fraction of sp³-hybridized carbons (Fsp3) is 0.154. The predicted octanol–water partition coefficient (Wildman–Crippen LogP) is 5.41. The molecular formula is C26H23N3O2. The monoisotopic (exact) mass is 409 g/mol. The van der Waals surface area contributed by atoms with Crippen molar-refractivity contribution < 1.29 is 9.53 Å². The third-order valence-electron chi connectivity index (χ3n) is 5.30. The van der Waals surface area contributed by atoms with Crippen LogP contribution in [0.4, 0.5) is 5.69 Å². The Morgan fingerprint density at radius 1 is 1.00 bits per heavy atom. The summed E-state index contributed by atoms with van der Waals surface area (Å²) in [6.45, 7) is 2.13. The van der Waals surface area contributed by atoms with Crippen LogP contribution in [0.25, 0.3) is 27.7 Å². The number of aromatic nitrogens is 1. The Kier molecular flexibility index (Phi) is 5.46. The molecule has 0 N–H and O–H groups in total. The molecule has 5 heteroatoms. The van der Waals surface area contributed by atoms with Gasteiger partial charge in [0.2, 0.25) is 0 Å². The normalized spacial score (nSPS) is 10.6. The maximum Gasteiger partial charge on any atom is 0.338 e. The number of nitriles is 1. The zero-order valence-corrected chi connectivity index (χ0v) is 17.8. The van der Waals surface area contributed by atoms with Gasteiger partial charge in [0.25, 0.3) is 0 Å². The molecule has 1 aromatic heterocycles. The van der Waals surface area contributed by atoms with Crippen molar-refractivity contribution in [2.45, 2.75) is 6.92 Å². The summed E-state index contributed by atoms with van der Waals surface area (Å²) in [5, 5.41) is 10.6. The lowest BCUT2D eigenvalue weighted by molar-refractivity contribution is 0.0526. The van der Waals surface area contributed by atoms with Crippen LogP contribution in [0.1, 0.15) is 22.8 Å². The number of carbonyl (C=O) groups excluding carboxylic acids is 1. The van der Waals surface area contributed by atoms with Crippen molar-refractivity contribution in [1.82, 2.24) is 4.57 Å². The van der Waals surface area contributed by atoms with Crippen LogP contribution in [0.3, 0.4) is 0 Å². The molecule has 0 spiro atoms. The lowest BCUT2D eigenvalue weighted by atomic mass is 10.0. The molecule has 154 valence electrons. The van der Waals surface area contributed by atoms with E-state index in [0.29, 0.717) is 17.7 Å². The number of anilines is 1. The fourth-order valence-electron chi connectivity index (χ4n) is 3.64. The minimum Gasteiger partial charge on any atom is -0.462 e. The van der Waals surface area contributed by atoms with Gasteiger partial charge < -0.3 is 14.2 Å². The number of esters is 1. The molecule has 0 bridgehead atoms. The van der Waals surface area contributed by atoms with E-state index >= 15 is 0 Å². The van der Waals surface area contributed by atoms with Crippen molar-refractivity contribution in [2.75, 3.05) is 25.6 Å². The highest BCUT2D eigenvalue weighted by Crippen LogP contribution is 2.30. The molecule has 4 aromatic rings. The van der Waals surface area contributed by atoms with Crippen LogP contribution in [0.15, 0.2) is 72.9 Å². The van der Waals surface area contributed by atoms with E-state index in [0.717, 1.165) is 33.4 Å². The number of nitrogens with zero attached hydrogens (tertiary/aromatic N) is 3. The second kappa shape index (κ2) is 8.37. The summed E-state index contributed by atoms with van der Waals surface area (Å²) < 4.78 is 7.02. The zero-order chi connectivity index (χ0) is 22.0. The van der Waals surface area contributed by atoms with Gasteiger partial charge in [0, 0.05) is 37.1 Å². The summed E-state index contributed by atoms with van der Waals surface area (Å²) in [4.78, 5) is 14.0. The first kappa shape index (κ1) is 20.2. The van der Waals surface area contributed by atoms with E-state index in [1.807, 2.05) is 43.1 Å². The molecule has 0 radical (unpaired) electrons. The third-order valence-corrected chi connectivity index (χ3v) is 5.30. The van der Waals surface area contributed by atoms with Crippen molar-refractivity contribution in [2.24, 2.45) is 0 Å². The molecule has 0 unspecified atom stereocenters. The molecule has 0 aliphatic rings. The SMILES string of the molecule is CCOC(=O)c1ccc(-n2cc(C#N)c3cc(-c4ccc(N(C)C)cc4)ccc32)cc1. The Hall–Kier alpha value is -4.04. The largest absolute Gasteiger partial charge is 0.462 e. The smallest absolute Gasteiger partial charge is 0.338 e. The lowest BCUT2D eigenvalue weighted by Gasteiger charge is -2.13. The molecule has 1 heterocycles. The minimum absolute atomic E-state index is 0.339. The van der Waals surface area contributed by atoms with E-state index in [1.165, 1.54) is 0 Å². The molecule has 0 aliphatic heterocycles. The van der Waals surface area contributed by atoms with Gasteiger partial charge in [0.05, 0.1) is 23.3 Å². The molecule has 31 heavy (non-hydrogen) atoms. The van der Waals surface area contributed by atoms with Crippen molar-refractivity contribution in [3.05, 3.63) is 84.1 Å². The molecule has 0 amide bonds. The molecule has 0 saturated heterocycles. The number of hydrogen-bond donors (Lipinski definition) is 0. The van der Waals surface area contributed by atoms with Crippen molar-refractivity contribution >= 4 is 22.6 Å². The summed E-state index contributed by atoms with van der Waals surface area (Å²) in [6.07, 6.45) is 1.84. The molecule has 3 aromatic carbocycles. The number of fused-ring (bicyclic) bond motifs is 1. The van der Waals surface area contributed by atoms with E-state index in [4.69, 9.17) is 4.74 Å². The maximum absolute atomic E-state index is 11.9. The molecule has 0 fully saturated rings. The van der Waals surface area contributed by atoms with Crippen LogP contribution in [0, 0.1) is 11.3 Å². The van der Waals surface area contributed by atoms with E-state index in [2.05, 4.69) is 47.4 Å². The van der Waals surface area contributed by atoms with Crippen molar-refractivity contribution in [3.8, 4) is 22.9 Å². The van der Waals surface area contributed by atoms with Gasteiger partial charge in [-0.2, -0.15) is 5.26 Å². The van der Waals surface area contributed by atoms with Crippen molar-refractivity contribution in [1.29, 1.82) is 5.26 Å². The summed E-state index contributed by atoms with van der Waals surface area (Å²) in [7, 11) is 4.03. The Morgan fingerprint density at radius 3 is 2.29 bits per heavy atom. The number of carbonyl (C=O) groups is 1. The van der Waals surface area contributed by atoms with Crippen LogP contribution in [0.5, 0.6) is 0 Å². The average molecular weight is 409 g/mol. The summed E-state index contributed by atoms with van der Waals surface area (Å²) in [5.41, 5.74) is 6.23. The topological polar surface area (TPSA) is 58.3 Å². The molecule has 4 rings (SSSR count). The van der Waals surface area contributed by atoms with Crippen molar-refractivity contribution in [3.63, 3.8) is 0 Å². The van der Waals surface area contributed by atoms with E-state index in [9.17, 15) is 10.1 Å². The van der Waals surface area contributed by atoms with Gasteiger partial charge in [0.15, 0.2) is 0 Å². The molecular weight excluding hydrogens is 386 g/mol. The Balaban J connectivity index is 1.74. The highest BCUT2D eigenvalue weighted by atomic mass is 16.5. The van der Waals surface area contributed by atoms with Crippen LogP contribution in [-0.4, -0.2) is 31.2 Å². The average Bonchev–Trinajstić information content (AvgIpc) is 3.17. The van der Waals surface area contributed by atoms with Gasteiger partial charge in [-0.25, -0.2) is 4.79 Å². The van der Waals surface area contributed by atoms with Gasteiger partial charge in [-0.3, -0.25) is 0 Å². The third kappa shape index (κ3) is 3.88. The maximum atomic E-state index is 11.9. The predicted molar refractivity (Wildman–Crippen MR) is 124 cm³/mol. The van der Waals surface area contributed by atoms with Gasteiger partial charge >= 0.3 is 5.97 Å². The highest BCUT2D eigenvalue weighted by molar-refractivity contribution is 5.92. The first-order chi connectivity index (χ1) is 15.0. The number of hydrogen-bond acceptors (Lipinski definition) is 4.